The Labute approximate surface area is 318 Å². The molecule has 0 radical (unpaired) electrons. The van der Waals surface area contributed by atoms with Gasteiger partial charge in [-0.05, 0) is 53.7 Å². The van der Waals surface area contributed by atoms with Crippen LogP contribution < -0.4 is 5.32 Å². The van der Waals surface area contributed by atoms with Crippen molar-refractivity contribution in [3.8, 4) is 11.1 Å². The standard InChI is InChI=1S/C45H64N2O6/c1-3-5-7-9-11-15-29-47(30-16-12-10-8-6-4-2)33-40-31-42(37-21-19-35(34-48)20-22-37)53-45(52-40)38-25-23-36(24-26-38)41-18-14-13-17-39(41)32-46-43(49)27-28-44(50)51/h13-14,17-26,40,42,45,48H,3-12,15-16,27-34H2,1-2H3,(H,46,49)(H,50,51)/t40-,42+,45+/m0/s1. The molecule has 4 rings (SSSR count). The van der Waals surface area contributed by atoms with E-state index in [1.54, 1.807) is 0 Å². The number of carbonyl (C=O) groups is 2. The molecular formula is C45H64N2O6. The first-order valence-corrected chi connectivity index (χ1v) is 20.3. The van der Waals surface area contributed by atoms with Gasteiger partial charge in [0.1, 0.15) is 0 Å². The van der Waals surface area contributed by atoms with Crippen LogP contribution in [-0.4, -0.2) is 52.7 Å². The molecule has 0 bridgehead atoms. The lowest BCUT2D eigenvalue weighted by molar-refractivity contribution is -0.253. The van der Waals surface area contributed by atoms with Gasteiger partial charge in [-0.1, -0.05) is 151 Å². The third kappa shape index (κ3) is 15.0. The maximum Gasteiger partial charge on any atom is 0.303 e. The van der Waals surface area contributed by atoms with Crippen molar-refractivity contribution in [1.29, 1.82) is 0 Å². The van der Waals surface area contributed by atoms with Crippen molar-refractivity contribution in [3.63, 3.8) is 0 Å². The lowest BCUT2D eigenvalue weighted by atomic mass is 9.97. The second-order valence-corrected chi connectivity index (χ2v) is 14.6. The molecule has 1 fully saturated rings. The topological polar surface area (TPSA) is 108 Å². The summed E-state index contributed by atoms with van der Waals surface area (Å²) in [6, 6.07) is 24.3. The zero-order valence-corrected chi connectivity index (χ0v) is 32.3. The SMILES string of the molecule is CCCCCCCCN(CCCCCCCC)C[C@@H]1C[C@H](c2ccc(CO)cc2)O[C@H](c2ccc(-c3ccccc3CNC(=O)CCC(=O)O)cc2)O1. The number of aliphatic hydroxyl groups is 1. The predicted octanol–water partition coefficient (Wildman–Crippen LogP) is 9.90. The van der Waals surface area contributed by atoms with Crippen molar-refractivity contribution in [2.75, 3.05) is 19.6 Å². The number of rotatable bonds is 25. The van der Waals surface area contributed by atoms with Crippen molar-refractivity contribution in [3.05, 3.63) is 95.1 Å². The molecule has 0 saturated carbocycles. The number of nitrogens with one attached hydrogen (secondary N) is 1. The molecule has 3 aromatic rings. The first-order valence-electron chi connectivity index (χ1n) is 20.3. The molecule has 1 heterocycles. The summed E-state index contributed by atoms with van der Waals surface area (Å²) in [5.74, 6) is -1.26. The second-order valence-electron chi connectivity index (χ2n) is 14.6. The van der Waals surface area contributed by atoms with E-state index in [0.29, 0.717) is 6.54 Å². The van der Waals surface area contributed by atoms with Crippen molar-refractivity contribution < 1.29 is 29.3 Å². The number of hydrogen-bond acceptors (Lipinski definition) is 6. The minimum Gasteiger partial charge on any atom is -0.481 e. The number of unbranched alkanes of at least 4 members (excludes halogenated alkanes) is 10. The van der Waals surface area contributed by atoms with Crippen LogP contribution in [0.4, 0.5) is 0 Å². The highest BCUT2D eigenvalue weighted by atomic mass is 16.7. The van der Waals surface area contributed by atoms with Gasteiger partial charge in [-0.25, -0.2) is 0 Å². The smallest absolute Gasteiger partial charge is 0.303 e. The molecule has 1 saturated heterocycles. The van der Waals surface area contributed by atoms with Crippen LogP contribution in [-0.2, 0) is 32.2 Å². The van der Waals surface area contributed by atoms with Gasteiger partial charge in [0.2, 0.25) is 5.91 Å². The number of aliphatic carboxylic acids is 1. The van der Waals surface area contributed by atoms with E-state index in [4.69, 9.17) is 14.6 Å². The average molecular weight is 729 g/mol. The summed E-state index contributed by atoms with van der Waals surface area (Å²) < 4.78 is 13.5. The van der Waals surface area contributed by atoms with Gasteiger partial charge in [0.05, 0.1) is 25.2 Å². The Morgan fingerprint density at radius 2 is 1.34 bits per heavy atom. The molecule has 0 unspecified atom stereocenters. The van der Waals surface area contributed by atoms with E-state index in [2.05, 4.69) is 60.5 Å². The fraction of sp³-hybridized carbons (Fsp3) is 0.556. The number of nitrogens with zero attached hydrogens (tertiary/aromatic N) is 1. The van der Waals surface area contributed by atoms with E-state index in [9.17, 15) is 14.7 Å². The van der Waals surface area contributed by atoms with Crippen LogP contribution in [0.15, 0.2) is 72.8 Å². The highest BCUT2D eigenvalue weighted by Gasteiger charge is 2.33. The summed E-state index contributed by atoms with van der Waals surface area (Å²) in [4.78, 5) is 25.7. The molecule has 3 aromatic carbocycles. The fourth-order valence-corrected chi connectivity index (χ4v) is 7.13. The van der Waals surface area contributed by atoms with E-state index < -0.39 is 12.3 Å². The Kier molecular flexibility index (Phi) is 19.1. The Hall–Kier alpha value is -3.56. The number of carboxylic acid groups (broad SMARTS) is 1. The molecule has 53 heavy (non-hydrogen) atoms. The number of ether oxygens (including phenoxy) is 2. The van der Waals surface area contributed by atoms with Gasteiger partial charge < -0.3 is 29.9 Å². The van der Waals surface area contributed by atoms with Crippen molar-refractivity contribution in [2.45, 2.75) is 142 Å². The first kappa shape index (κ1) is 42.2. The molecule has 290 valence electrons. The van der Waals surface area contributed by atoms with Crippen LogP contribution in [0.1, 0.15) is 145 Å². The van der Waals surface area contributed by atoms with Crippen LogP contribution in [0.3, 0.4) is 0 Å². The third-order valence-electron chi connectivity index (χ3n) is 10.3. The zero-order valence-electron chi connectivity index (χ0n) is 32.3. The van der Waals surface area contributed by atoms with Crippen molar-refractivity contribution in [1.82, 2.24) is 10.2 Å². The lowest BCUT2D eigenvalue weighted by Crippen LogP contribution is -2.40. The van der Waals surface area contributed by atoms with Crippen LogP contribution in [0, 0.1) is 0 Å². The molecule has 0 aromatic heterocycles. The normalized spacial score (nSPS) is 17.2. The van der Waals surface area contributed by atoms with Gasteiger partial charge in [-0.15, -0.1) is 0 Å². The van der Waals surface area contributed by atoms with Gasteiger partial charge in [-0.2, -0.15) is 0 Å². The molecular weight excluding hydrogens is 665 g/mol. The zero-order chi connectivity index (χ0) is 37.7. The number of carbonyl (C=O) groups excluding carboxylic acids is 1. The summed E-state index contributed by atoms with van der Waals surface area (Å²) in [5.41, 5.74) is 5.90. The van der Waals surface area contributed by atoms with Gasteiger partial charge in [0.25, 0.3) is 0 Å². The van der Waals surface area contributed by atoms with E-state index in [1.165, 1.54) is 77.0 Å². The molecule has 1 amide bonds. The van der Waals surface area contributed by atoms with E-state index in [1.807, 2.05) is 36.4 Å². The first-order chi connectivity index (χ1) is 25.9. The highest BCUT2D eigenvalue weighted by molar-refractivity contribution is 5.80. The molecule has 3 atom stereocenters. The van der Waals surface area contributed by atoms with E-state index in [-0.39, 0.29) is 37.6 Å². The van der Waals surface area contributed by atoms with Gasteiger partial charge in [0.15, 0.2) is 6.29 Å². The number of aliphatic hydroxyl groups excluding tert-OH is 1. The summed E-state index contributed by atoms with van der Waals surface area (Å²) in [7, 11) is 0. The Balaban J connectivity index is 1.48. The summed E-state index contributed by atoms with van der Waals surface area (Å²) >= 11 is 0. The Bertz CT molecular complexity index is 1460. The molecule has 3 N–H and O–H groups in total. The molecule has 8 nitrogen and oxygen atoms in total. The summed E-state index contributed by atoms with van der Waals surface area (Å²) in [6.45, 7) is 7.93. The Morgan fingerprint density at radius 3 is 1.96 bits per heavy atom. The fourth-order valence-electron chi connectivity index (χ4n) is 7.13. The highest BCUT2D eigenvalue weighted by Crippen LogP contribution is 2.39. The average Bonchev–Trinajstić information content (AvgIpc) is 3.18. The van der Waals surface area contributed by atoms with Crippen LogP contribution in [0.2, 0.25) is 0 Å². The minimum absolute atomic E-state index is 0.00147. The maximum absolute atomic E-state index is 12.2. The largest absolute Gasteiger partial charge is 0.481 e. The predicted molar refractivity (Wildman–Crippen MR) is 212 cm³/mol. The molecule has 1 aliphatic heterocycles. The third-order valence-corrected chi connectivity index (χ3v) is 10.3. The van der Waals surface area contributed by atoms with Crippen LogP contribution in [0.5, 0.6) is 0 Å². The number of carboxylic acids is 1. The molecule has 1 aliphatic rings. The maximum atomic E-state index is 12.2. The number of hydrogen-bond donors (Lipinski definition) is 3. The van der Waals surface area contributed by atoms with Crippen molar-refractivity contribution in [2.24, 2.45) is 0 Å². The van der Waals surface area contributed by atoms with E-state index >= 15 is 0 Å². The molecule has 0 spiro atoms. The second kappa shape index (κ2) is 24.0. The van der Waals surface area contributed by atoms with Crippen LogP contribution in [0.25, 0.3) is 11.1 Å². The van der Waals surface area contributed by atoms with Crippen LogP contribution >= 0.6 is 0 Å². The van der Waals surface area contributed by atoms with Crippen molar-refractivity contribution >= 4 is 11.9 Å². The number of benzene rings is 3. The molecule has 0 aliphatic carbocycles. The van der Waals surface area contributed by atoms with Gasteiger partial charge in [0, 0.05) is 31.5 Å². The monoisotopic (exact) mass is 728 g/mol. The van der Waals surface area contributed by atoms with E-state index in [0.717, 1.165) is 59.4 Å². The summed E-state index contributed by atoms with van der Waals surface area (Å²) in [6.07, 6.45) is 15.3. The van der Waals surface area contributed by atoms with Gasteiger partial charge >= 0.3 is 5.97 Å². The molecule has 8 heteroatoms. The lowest BCUT2D eigenvalue weighted by Gasteiger charge is -2.38. The quantitative estimate of drug-likeness (QED) is 0.0746. The Morgan fingerprint density at radius 1 is 0.736 bits per heavy atom. The minimum atomic E-state index is -0.984. The number of amides is 1. The van der Waals surface area contributed by atoms with Gasteiger partial charge in [-0.3, -0.25) is 9.59 Å². The summed E-state index contributed by atoms with van der Waals surface area (Å²) in [5, 5.41) is 21.4.